The van der Waals surface area contributed by atoms with Gasteiger partial charge in [0.2, 0.25) is 0 Å². The molecular formula is C11H7BrN2. The maximum Gasteiger partial charge on any atom is 0.0999 e. The van der Waals surface area contributed by atoms with E-state index in [0.29, 0.717) is 10.9 Å². The standard InChI is InChI=1S/C11H7BrN2/c12-6-9-5-8(7-13)10-3-1-2-4-11(10)14-9/h1-5H,6H2. The molecule has 0 atom stereocenters. The van der Waals surface area contributed by atoms with Crippen molar-refractivity contribution in [3.05, 3.63) is 41.6 Å². The van der Waals surface area contributed by atoms with Gasteiger partial charge in [-0.1, -0.05) is 34.1 Å². The number of alkyl halides is 1. The van der Waals surface area contributed by atoms with Crippen LogP contribution in [0.25, 0.3) is 10.9 Å². The lowest BCUT2D eigenvalue weighted by atomic mass is 10.1. The van der Waals surface area contributed by atoms with Crippen LogP contribution in [0, 0.1) is 11.3 Å². The second-order valence-electron chi connectivity index (χ2n) is 2.92. The number of benzene rings is 1. The predicted octanol–water partition coefficient (Wildman–Crippen LogP) is 3.00. The number of pyridine rings is 1. The zero-order chi connectivity index (χ0) is 9.97. The number of fused-ring (bicyclic) bond motifs is 1. The molecule has 0 aliphatic carbocycles. The summed E-state index contributed by atoms with van der Waals surface area (Å²) >= 11 is 3.33. The lowest BCUT2D eigenvalue weighted by Gasteiger charge is -2.01. The average molecular weight is 247 g/mol. The summed E-state index contributed by atoms with van der Waals surface area (Å²) in [6.45, 7) is 0. The van der Waals surface area contributed by atoms with Crippen LogP contribution in [0.5, 0.6) is 0 Å². The Labute approximate surface area is 90.3 Å². The highest BCUT2D eigenvalue weighted by molar-refractivity contribution is 9.08. The zero-order valence-electron chi connectivity index (χ0n) is 7.37. The van der Waals surface area contributed by atoms with Crippen molar-refractivity contribution in [3.63, 3.8) is 0 Å². The molecule has 2 nitrogen and oxygen atoms in total. The molecule has 1 aromatic carbocycles. The summed E-state index contributed by atoms with van der Waals surface area (Å²) < 4.78 is 0. The number of nitriles is 1. The summed E-state index contributed by atoms with van der Waals surface area (Å²) in [5.41, 5.74) is 2.45. The summed E-state index contributed by atoms with van der Waals surface area (Å²) in [5, 5.41) is 10.6. The van der Waals surface area contributed by atoms with Gasteiger partial charge in [0, 0.05) is 10.7 Å². The van der Waals surface area contributed by atoms with Crippen molar-refractivity contribution < 1.29 is 0 Å². The van der Waals surface area contributed by atoms with Crippen LogP contribution in [0.2, 0.25) is 0 Å². The van der Waals surface area contributed by atoms with E-state index in [2.05, 4.69) is 27.0 Å². The minimum absolute atomic E-state index is 0.673. The first-order valence-electron chi connectivity index (χ1n) is 4.20. The van der Waals surface area contributed by atoms with Crippen LogP contribution < -0.4 is 0 Å². The summed E-state index contributed by atoms with van der Waals surface area (Å²) in [5.74, 6) is 0. The molecule has 3 heteroatoms. The molecule has 0 aliphatic heterocycles. The molecule has 1 heterocycles. The van der Waals surface area contributed by atoms with Crippen LogP contribution in [0.4, 0.5) is 0 Å². The van der Waals surface area contributed by atoms with Crippen LogP contribution in [0.3, 0.4) is 0 Å². The Kier molecular flexibility index (Phi) is 2.47. The van der Waals surface area contributed by atoms with E-state index in [1.807, 2.05) is 30.3 Å². The van der Waals surface area contributed by atoms with Crippen molar-refractivity contribution >= 4 is 26.8 Å². The van der Waals surface area contributed by atoms with Gasteiger partial charge in [0.05, 0.1) is 22.8 Å². The minimum Gasteiger partial charge on any atom is -0.252 e. The van der Waals surface area contributed by atoms with Crippen molar-refractivity contribution in [1.82, 2.24) is 4.98 Å². The molecule has 0 N–H and O–H groups in total. The monoisotopic (exact) mass is 246 g/mol. The van der Waals surface area contributed by atoms with E-state index in [1.165, 1.54) is 0 Å². The lowest BCUT2D eigenvalue weighted by molar-refractivity contribution is 1.23. The Morgan fingerprint density at radius 3 is 2.86 bits per heavy atom. The van der Waals surface area contributed by atoms with Gasteiger partial charge in [-0.25, -0.2) is 0 Å². The van der Waals surface area contributed by atoms with Gasteiger partial charge in [-0.15, -0.1) is 0 Å². The predicted molar refractivity (Wildman–Crippen MR) is 59.1 cm³/mol. The topological polar surface area (TPSA) is 36.7 Å². The van der Waals surface area contributed by atoms with E-state index in [4.69, 9.17) is 5.26 Å². The SMILES string of the molecule is N#Cc1cc(CBr)nc2ccccc12. The zero-order valence-corrected chi connectivity index (χ0v) is 8.95. The third kappa shape index (κ3) is 1.49. The third-order valence-corrected chi connectivity index (χ3v) is 2.60. The van der Waals surface area contributed by atoms with Gasteiger partial charge in [-0.2, -0.15) is 5.26 Å². The summed E-state index contributed by atoms with van der Waals surface area (Å²) in [4.78, 5) is 4.40. The molecule has 0 amide bonds. The molecule has 0 unspecified atom stereocenters. The number of para-hydroxylation sites is 1. The molecule has 0 radical (unpaired) electrons. The molecule has 2 aromatic rings. The van der Waals surface area contributed by atoms with E-state index < -0.39 is 0 Å². The molecule has 0 saturated heterocycles. The molecule has 0 bridgehead atoms. The first-order valence-corrected chi connectivity index (χ1v) is 5.32. The number of halogens is 1. The van der Waals surface area contributed by atoms with E-state index in [9.17, 15) is 0 Å². The van der Waals surface area contributed by atoms with Crippen molar-refractivity contribution in [1.29, 1.82) is 5.26 Å². The molecule has 0 saturated carbocycles. The van der Waals surface area contributed by atoms with Crippen molar-refractivity contribution in [2.24, 2.45) is 0 Å². The normalized spacial score (nSPS) is 10.0. The van der Waals surface area contributed by atoms with Gasteiger partial charge in [-0.05, 0) is 12.1 Å². The number of hydrogen-bond donors (Lipinski definition) is 0. The van der Waals surface area contributed by atoms with Crippen LogP contribution >= 0.6 is 15.9 Å². The third-order valence-electron chi connectivity index (χ3n) is 2.03. The minimum atomic E-state index is 0.673. The van der Waals surface area contributed by atoms with Crippen molar-refractivity contribution in [2.75, 3.05) is 0 Å². The van der Waals surface area contributed by atoms with E-state index in [1.54, 1.807) is 0 Å². The number of aromatic nitrogens is 1. The quantitative estimate of drug-likeness (QED) is 0.726. The van der Waals surface area contributed by atoms with Gasteiger partial charge in [0.15, 0.2) is 0 Å². The van der Waals surface area contributed by atoms with Gasteiger partial charge in [0.25, 0.3) is 0 Å². The highest BCUT2D eigenvalue weighted by atomic mass is 79.9. The van der Waals surface area contributed by atoms with Gasteiger partial charge < -0.3 is 0 Å². The molecule has 1 aromatic heterocycles. The second kappa shape index (κ2) is 3.77. The fourth-order valence-corrected chi connectivity index (χ4v) is 1.68. The maximum absolute atomic E-state index is 8.96. The van der Waals surface area contributed by atoms with Crippen LogP contribution in [-0.2, 0) is 5.33 Å². The summed E-state index contributed by atoms with van der Waals surface area (Å²) in [7, 11) is 0. The Balaban J connectivity index is 2.82. The van der Waals surface area contributed by atoms with Crippen LogP contribution in [0.15, 0.2) is 30.3 Å². The maximum atomic E-state index is 8.96. The smallest absolute Gasteiger partial charge is 0.0999 e. The summed E-state index contributed by atoms with van der Waals surface area (Å²) in [6.07, 6.45) is 0. The van der Waals surface area contributed by atoms with E-state index in [-0.39, 0.29) is 0 Å². The number of nitrogens with zero attached hydrogens (tertiary/aromatic N) is 2. The fourth-order valence-electron chi connectivity index (χ4n) is 1.39. The van der Waals surface area contributed by atoms with Crippen molar-refractivity contribution in [3.8, 4) is 6.07 Å². The van der Waals surface area contributed by atoms with Crippen LogP contribution in [0.1, 0.15) is 11.3 Å². The molecule has 0 spiro atoms. The molecule has 0 aliphatic rings. The average Bonchev–Trinajstić information content (AvgIpc) is 2.27. The fraction of sp³-hybridized carbons (Fsp3) is 0.0909. The summed E-state index contributed by atoms with van der Waals surface area (Å²) in [6, 6.07) is 11.7. The Morgan fingerprint density at radius 2 is 2.14 bits per heavy atom. The molecular weight excluding hydrogens is 240 g/mol. The second-order valence-corrected chi connectivity index (χ2v) is 3.48. The van der Waals surface area contributed by atoms with Crippen molar-refractivity contribution in [2.45, 2.75) is 5.33 Å². The lowest BCUT2D eigenvalue weighted by Crippen LogP contribution is -1.89. The number of rotatable bonds is 1. The van der Waals surface area contributed by atoms with Gasteiger partial charge in [0.1, 0.15) is 0 Å². The molecule has 2 rings (SSSR count). The molecule has 14 heavy (non-hydrogen) atoms. The Morgan fingerprint density at radius 1 is 1.36 bits per heavy atom. The molecule has 0 fully saturated rings. The highest BCUT2D eigenvalue weighted by Crippen LogP contribution is 2.18. The first kappa shape index (κ1) is 9.17. The highest BCUT2D eigenvalue weighted by Gasteiger charge is 2.03. The largest absolute Gasteiger partial charge is 0.252 e. The van der Waals surface area contributed by atoms with Crippen LogP contribution in [-0.4, -0.2) is 4.98 Å². The first-order chi connectivity index (χ1) is 6.85. The number of hydrogen-bond acceptors (Lipinski definition) is 2. The van der Waals surface area contributed by atoms with Gasteiger partial charge >= 0.3 is 0 Å². The van der Waals surface area contributed by atoms with E-state index in [0.717, 1.165) is 16.6 Å². The van der Waals surface area contributed by atoms with E-state index >= 15 is 0 Å². The van der Waals surface area contributed by atoms with Gasteiger partial charge in [-0.3, -0.25) is 4.98 Å². The Hall–Kier alpha value is -1.40. The Bertz CT molecular complexity index is 514. The molecule has 68 valence electrons.